The summed E-state index contributed by atoms with van der Waals surface area (Å²) in [6, 6.07) is 3.50. The Kier molecular flexibility index (Phi) is 7.49. The number of aromatic nitrogens is 4. The van der Waals surface area contributed by atoms with E-state index >= 15 is 0 Å². The maximum Gasteiger partial charge on any atom is 0.335 e. The van der Waals surface area contributed by atoms with Crippen LogP contribution in [0.25, 0.3) is 0 Å². The van der Waals surface area contributed by atoms with Gasteiger partial charge >= 0.3 is 6.21 Å². The molecule has 0 aliphatic rings. The molecule has 0 radical (unpaired) electrons. The highest BCUT2D eigenvalue weighted by atomic mass is 16.5. The quantitative estimate of drug-likeness (QED) is 0.489. The Morgan fingerprint density at radius 3 is 3.04 bits per heavy atom. The first-order valence-electron chi connectivity index (χ1n) is 8.19. The summed E-state index contributed by atoms with van der Waals surface area (Å²) >= 11 is 0. The van der Waals surface area contributed by atoms with Gasteiger partial charge in [0.25, 0.3) is 6.72 Å². The Labute approximate surface area is 146 Å². The van der Waals surface area contributed by atoms with Gasteiger partial charge in [-0.2, -0.15) is 10.2 Å². The molecule has 1 atom stereocenters. The molecular weight excluding hydrogens is 320 g/mol. The third-order valence-electron chi connectivity index (χ3n) is 3.45. The molecule has 1 unspecified atom stereocenters. The van der Waals surface area contributed by atoms with E-state index in [1.165, 1.54) is 6.21 Å². The predicted octanol–water partition coefficient (Wildman–Crippen LogP) is 0.995. The van der Waals surface area contributed by atoms with Crippen LogP contribution in [0.15, 0.2) is 24.5 Å². The summed E-state index contributed by atoms with van der Waals surface area (Å²) in [5, 5.41) is 20.6. The molecule has 2 N–H and O–H groups in total. The van der Waals surface area contributed by atoms with E-state index in [0.29, 0.717) is 23.1 Å². The minimum Gasteiger partial charge on any atom is -0.482 e. The molecule has 0 aliphatic heterocycles. The molecule has 2 aromatic rings. The largest absolute Gasteiger partial charge is 0.482 e. The number of nitrogens with one attached hydrogen (secondary N) is 1. The SMILES string of the molecule is C=[N+]=Cc1ncc(OCc2cccnn2)c(NC(CO)CCCC)n1. The van der Waals surface area contributed by atoms with E-state index in [1.807, 2.05) is 6.07 Å². The summed E-state index contributed by atoms with van der Waals surface area (Å²) in [6.07, 6.45) is 7.52. The van der Waals surface area contributed by atoms with Crippen LogP contribution < -0.4 is 14.7 Å². The van der Waals surface area contributed by atoms with Crippen molar-refractivity contribution in [2.75, 3.05) is 11.9 Å². The monoisotopic (exact) mass is 343 g/mol. The molecule has 2 rings (SSSR count). The van der Waals surface area contributed by atoms with Crippen molar-refractivity contribution in [1.29, 1.82) is 0 Å². The lowest BCUT2D eigenvalue weighted by Gasteiger charge is -2.18. The number of nitrogens with zero attached hydrogens (tertiary/aromatic N) is 5. The average Bonchev–Trinajstić information content (AvgIpc) is 2.65. The second-order valence-electron chi connectivity index (χ2n) is 5.42. The highest BCUT2D eigenvalue weighted by molar-refractivity contribution is 5.75. The second kappa shape index (κ2) is 10.1. The molecule has 8 heteroatoms. The van der Waals surface area contributed by atoms with Crippen molar-refractivity contribution in [3.05, 3.63) is 36.0 Å². The van der Waals surface area contributed by atoms with Gasteiger partial charge in [-0.05, 0) is 18.6 Å². The maximum atomic E-state index is 9.58. The van der Waals surface area contributed by atoms with E-state index in [-0.39, 0.29) is 19.3 Å². The molecule has 0 spiro atoms. The summed E-state index contributed by atoms with van der Waals surface area (Å²) in [4.78, 5) is 8.56. The predicted molar refractivity (Wildman–Crippen MR) is 96.8 cm³/mol. The zero-order valence-electron chi connectivity index (χ0n) is 14.3. The lowest BCUT2D eigenvalue weighted by Crippen LogP contribution is -2.25. The Hall–Kier alpha value is -2.83. The summed E-state index contributed by atoms with van der Waals surface area (Å²) in [5.41, 5.74) is 0.696. The minimum atomic E-state index is -0.113. The smallest absolute Gasteiger partial charge is 0.335 e. The maximum absolute atomic E-state index is 9.58. The first-order chi connectivity index (χ1) is 12.3. The number of hydrogen-bond donors (Lipinski definition) is 2. The highest BCUT2D eigenvalue weighted by Gasteiger charge is 2.15. The van der Waals surface area contributed by atoms with Crippen molar-refractivity contribution >= 4 is 18.7 Å². The van der Waals surface area contributed by atoms with E-state index in [1.54, 1.807) is 18.5 Å². The van der Waals surface area contributed by atoms with Gasteiger partial charge in [0.05, 0.1) is 18.8 Å². The molecule has 25 heavy (non-hydrogen) atoms. The molecule has 0 saturated heterocycles. The number of unbranched alkanes of at least 4 members (excludes halogenated alkanes) is 1. The van der Waals surface area contributed by atoms with E-state index < -0.39 is 0 Å². The second-order valence-corrected chi connectivity index (χ2v) is 5.42. The number of aliphatic hydroxyl groups is 1. The van der Waals surface area contributed by atoms with E-state index in [2.05, 4.69) is 43.8 Å². The number of rotatable bonds is 10. The zero-order valence-corrected chi connectivity index (χ0v) is 14.3. The van der Waals surface area contributed by atoms with Gasteiger partial charge in [-0.1, -0.05) is 19.8 Å². The fraction of sp³-hybridized carbons (Fsp3) is 0.412. The van der Waals surface area contributed by atoms with Crippen LogP contribution in [-0.4, -0.2) is 50.9 Å². The van der Waals surface area contributed by atoms with Gasteiger partial charge in [0.2, 0.25) is 5.82 Å². The summed E-state index contributed by atoms with van der Waals surface area (Å²) in [7, 11) is 0. The molecule has 0 aliphatic carbocycles. The van der Waals surface area contributed by atoms with Crippen molar-refractivity contribution in [2.24, 2.45) is 0 Å². The van der Waals surface area contributed by atoms with Gasteiger partial charge < -0.3 is 15.2 Å². The molecule has 8 nitrogen and oxygen atoms in total. The Morgan fingerprint density at radius 2 is 2.36 bits per heavy atom. The topological polar surface area (TPSA) is 107 Å². The van der Waals surface area contributed by atoms with Crippen molar-refractivity contribution in [3.63, 3.8) is 0 Å². The van der Waals surface area contributed by atoms with Crippen molar-refractivity contribution in [2.45, 2.75) is 38.8 Å². The molecular formula is C17H23N6O2+. The van der Waals surface area contributed by atoms with E-state index in [9.17, 15) is 5.11 Å². The van der Waals surface area contributed by atoms with Crippen molar-refractivity contribution in [3.8, 4) is 5.75 Å². The zero-order chi connectivity index (χ0) is 17.9. The van der Waals surface area contributed by atoms with E-state index in [0.717, 1.165) is 19.3 Å². The first-order valence-corrected chi connectivity index (χ1v) is 8.19. The van der Waals surface area contributed by atoms with Crippen LogP contribution in [0.4, 0.5) is 5.82 Å². The normalized spacial score (nSPS) is 11.4. The number of hydrogen-bond acceptors (Lipinski definition) is 7. The number of aliphatic hydroxyl groups excluding tert-OH is 1. The fourth-order valence-corrected chi connectivity index (χ4v) is 2.15. The van der Waals surface area contributed by atoms with Gasteiger partial charge in [-0.25, -0.2) is 9.97 Å². The molecule has 0 aromatic carbocycles. The van der Waals surface area contributed by atoms with Gasteiger partial charge in [0.15, 0.2) is 11.6 Å². The standard InChI is InChI=1S/C17H23N6O2/c1-3-4-6-13(11-24)21-17-15(9-19-16(22-17)10-18-2)25-12-14-7-5-8-20-23-14/h5,7-10,13,24H,2-4,6,11-12H2,1H3,(H,19,21,22)/q+1. The molecule has 0 saturated carbocycles. The van der Waals surface area contributed by atoms with Crippen LogP contribution in [0.1, 0.15) is 37.7 Å². The Morgan fingerprint density at radius 1 is 1.48 bits per heavy atom. The summed E-state index contributed by atoms with van der Waals surface area (Å²) < 4.78 is 9.46. The summed E-state index contributed by atoms with van der Waals surface area (Å²) in [6.45, 7) is 5.77. The van der Waals surface area contributed by atoms with Crippen LogP contribution in [-0.2, 0) is 6.61 Å². The van der Waals surface area contributed by atoms with Crippen molar-refractivity contribution in [1.82, 2.24) is 24.8 Å². The molecule has 0 bridgehead atoms. The van der Waals surface area contributed by atoms with Gasteiger partial charge in [-0.3, -0.25) is 0 Å². The molecule has 0 fully saturated rings. The van der Waals surface area contributed by atoms with Gasteiger partial charge in [0.1, 0.15) is 12.3 Å². The average molecular weight is 343 g/mol. The minimum absolute atomic E-state index is 0.00631. The lowest BCUT2D eigenvalue weighted by atomic mass is 10.1. The van der Waals surface area contributed by atoms with Crippen LogP contribution >= 0.6 is 0 Å². The van der Waals surface area contributed by atoms with Gasteiger partial charge in [-0.15, -0.1) is 4.67 Å². The van der Waals surface area contributed by atoms with Crippen LogP contribution in [0.2, 0.25) is 0 Å². The molecule has 2 heterocycles. The number of anilines is 1. The van der Waals surface area contributed by atoms with Crippen LogP contribution in [0.3, 0.4) is 0 Å². The summed E-state index contributed by atoms with van der Waals surface area (Å²) in [5.74, 6) is 1.39. The van der Waals surface area contributed by atoms with Gasteiger partial charge in [0, 0.05) is 6.20 Å². The molecule has 0 amide bonds. The van der Waals surface area contributed by atoms with Crippen LogP contribution in [0.5, 0.6) is 5.75 Å². The number of ether oxygens (including phenoxy) is 1. The van der Waals surface area contributed by atoms with Crippen LogP contribution in [0, 0.1) is 0 Å². The Bertz CT molecular complexity index is 704. The third-order valence-corrected chi connectivity index (χ3v) is 3.45. The first kappa shape index (κ1) is 18.5. The van der Waals surface area contributed by atoms with Crippen molar-refractivity contribution < 1.29 is 9.84 Å². The lowest BCUT2D eigenvalue weighted by molar-refractivity contribution is 0.265. The highest BCUT2D eigenvalue weighted by Crippen LogP contribution is 2.23. The molecule has 132 valence electrons. The Balaban J connectivity index is 2.17. The third kappa shape index (κ3) is 5.95. The van der Waals surface area contributed by atoms with E-state index in [4.69, 9.17) is 4.74 Å². The fourth-order valence-electron chi connectivity index (χ4n) is 2.15. The molecule has 2 aromatic heterocycles.